The quantitative estimate of drug-likeness (QED) is 0.473. The number of rotatable bonds is 5. The Morgan fingerprint density at radius 2 is 2.18 bits per heavy atom. The molecule has 0 saturated carbocycles. The summed E-state index contributed by atoms with van der Waals surface area (Å²) in [5.41, 5.74) is 1.40. The topological polar surface area (TPSA) is 0 Å². The first-order chi connectivity index (χ1) is 5.16. The van der Waals surface area contributed by atoms with Gasteiger partial charge in [-0.3, -0.25) is 0 Å². The molecular formula is C9H17ClS. The second-order valence-electron chi connectivity index (χ2n) is 2.90. The minimum Gasteiger partial charge on any atom is -0.155 e. The molecule has 0 N–H and O–H groups in total. The SMILES string of the molecule is CC(C)=CCSC(C)CCCl. The molecule has 0 heterocycles. The predicted molar refractivity (Wildman–Crippen MR) is 56.7 cm³/mol. The zero-order chi connectivity index (χ0) is 8.69. The van der Waals surface area contributed by atoms with Gasteiger partial charge >= 0.3 is 0 Å². The summed E-state index contributed by atoms with van der Waals surface area (Å²) < 4.78 is 0. The largest absolute Gasteiger partial charge is 0.155 e. The molecule has 66 valence electrons. The molecule has 2 heteroatoms. The van der Waals surface area contributed by atoms with Crippen molar-refractivity contribution in [2.45, 2.75) is 32.4 Å². The summed E-state index contributed by atoms with van der Waals surface area (Å²) in [6.45, 7) is 6.49. The Morgan fingerprint density at radius 3 is 2.64 bits per heavy atom. The maximum Gasteiger partial charge on any atom is 0.0233 e. The number of thioether (sulfide) groups is 1. The van der Waals surface area contributed by atoms with E-state index in [1.165, 1.54) is 5.57 Å². The molecule has 0 aromatic heterocycles. The zero-order valence-electron chi connectivity index (χ0n) is 7.56. The predicted octanol–water partition coefficient (Wildman–Crippen LogP) is 3.70. The van der Waals surface area contributed by atoms with Crippen LogP contribution >= 0.6 is 23.4 Å². The van der Waals surface area contributed by atoms with Crippen molar-refractivity contribution in [3.05, 3.63) is 11.6 Å². The molecule has 0 aliphatic carbocycles. The maximum absolute atomic E-state index is 5.61. The van der Waals surface area contributed by atoms with Crippen molar-refractivity contribution in [1.29, 1.82) is 0 Å². The Kier molecular flexibility index (Phi) is 7.30. The molecule has 0 rings (SSSR count). The molecule has 0 aromatic carbocycles. The first-order valence-corrected chi connectivity index (χ1v) is 5.56. The minimum atomic E-state index is 0.697. The lowest BCUT2D eigenvalue weighted by molar-refractivity contribution is 0.914. The van der Waals surface area contributed by atoms with Crippen LogP contribution in [0.3, 0.4) is 0 Å². The van der Waals surface area contributed by atoms with Crippen LogP contribution in [-0.4, -0.2) is 16.9 Å². The number of hydrogen-bond acceptors (Lipinski definition) is 1. The van der Waals surface area contributed by atoms with Crippen LogP contribution in [0, 0.1) is 0 Å². The Morgan fingerprint density at radius 1 is 1.55 bits per heavy atom. The second-order valence-corrected chi connectivity index (χ2v) is 4.75. The van der Waals surface area contributed by atoms with E-state index >= 15 is 0 Å². The monoisotopic (exact) mass is 192 g/mol. The summed E-state index contributed by atoms with van der Waals surface area (Å²) >= 11 is 7.58. The van der Waals surface area contributed by atoms with Crippen LogP contribution in [0.5, 0.6) is 0 Å². The van der Waals surface area contributed by atoms with E-state index in [-0.39, 0.29) is 0 Å². The van der Waals surface area contributed by atoms with E-state index in [0.717, 1.165) is 18.1 Å². The lowest BCUT2D eigenvalue weighted by Gasteiger charge is -2.06. The highest BCUT2D eigenvalue weighted by Crippen LogP contribution is 2.14. The molecule has 0 aromatic rings. The van der Waals surface area contributed by atoms with E-state index in [1.54, 1.807) is 0 Å². The van der Waals surface area contributed by atoms with Crippen molar-refractivity contribution in [2.24, 2.45) is 0 Å². The van der Waals surface area contributed by atoms with Crippen LogP contribution in [0.25, 0.3) is 0 Å². The summed E-state index contributed by atoms with van der Waals surface area (Å²) in [7, 11) is 0. The van der Waals surface area contributed by atoms with E-state index < -0.39 is 0 Å². The van der Waals surface area contributed by atoms with Crippen molar-refractivity contribution in [1.82, 2.24) is 0 Å². The van der Waals surface area contributed by atoms with Crippen LogP contribution in [0.2, 0.25) is 0 Å². The minimum absolute atomic E-state index is 0.697. The summed E-state index contributed by atoms with van der Waals surface area (Å²) in [5.74, 6) is 1.91. The molecule has 1 atom stereocenters. The van der Waals surface area contributed by atoms with Gasteiger partial charge in [-0.2, -0.15) is 11.8 Å². The molecule has 0 bridgehead atoms. The van der Waals surface area contributed by atoms with E-state index in [0.29, 0.717) is 5.25 Å². The first-order valence-electron chi connectivity index (χ1n) is 3.97. The van der Waals surface area contributed by atoms with Crippen molar-refractivity contribution in [3.63, 3.8) is 0 Å². The average molecular weight is 193 g/mol. The Hall–Kier alpha value is 0.380. The van der Waals surface area contributed by atoms with E-state index in [2.05, 4.69) is 26.8 Å². The number of halogens is 1. The van der Waals surface area contributed by atoms with Gasteiger partial charge < -0.3 is 0 Å². The summed E-state index contributed by atoms with van der Waals surface area (Å²) in [6, 6.07) is 0. The normalized spacial score (nSPS) is 12.7. The standard InChI is InChI=1S/C9H17ClS/c1-8(2)5-7-11-9(3)4-6-10/h5,9H,4,6-7H2,1-3H3. The third kappa shape index (κ3) is 8.28. The van der Waals surface area contributed by atoms with Gasteiger partial charge in [0, 0.05) is 16.9 Å². The Labute approximate surface area is 79.4 Å². The van der Waals surface area contributed by atoms with Crippen LogP contribution in [0.1, 0.15) is 27.2 Å². The van der Waals surface area contributed by atoms with Crippen LogP contribution in [-0.2, 0) is 0 Å². The van der Waals surface area contributed by atoms with Gasteiger partial charge in [-0.1, -0.05) is 18.6 Å². The molecular weight excluding hydrogens is 176 g/mol. The lowest BCUT2D eigenvalue weighted by atomic mass is 10.3. The van der Waals surface area contributed by atoms with Crippen molar-refractivity contribution < 1.29 is 0 Å². The van der Waals surface area contributed by atoms with Crippen molar-refractivity contribution >= 4 is 23.4 Å². The molecule has 0 amide bonds. The summed E-state index contributed by atoms with van der Waals surface area (Å²) in [5, 5.41) is 0.697. The van der Waals surface area contributed by atoms with Gasteiger partial charge in [0.05, 0.1) is 0 Å². The fraction of sp³-hybridized carbons (Fsp3) is 0.778. The fourth-order valence-corrected chi connectivity index (χ4v) is 2.12. The molecule has 1 unspecified atom stereocenters. The molecule has 0 radical (unpaired) electrons. The molecule has 0 spiro atoms. The highest BCUT2D eigenvalue weighted by Gasteiger charge is 1.98. The van der Waals surface area contributed by atoms with Gasteiger partial charge in [0.2, 0.25) is 0 Å². The highest BCUT2D eigenvalue weighted by atomic mass is 35.5. The van der Waals surface area contributed by atoms with Crippen LogP contribution in [0.15, 0.2) is 11.6 Å². The fourth-order valence-electron chi connectivity index (χ4n) is 0.616. The number of hydrogen-bond donors (Lipinski definition) is 0. The zero-order valence-corrected chi connectivity index (χ0v) is 9.13. The van der Waals surface area contributed by atoms with Gasteiger partial charge in [0.1, 0.15) is 0 Å². The molecule has 0 fully saturated rings. The summed E-state index contributed by atoms with van der Waals surface area (Å²) in [4.78, 5) is 0. The van der Waals surface area contributed by atoms with E-state index in [9.17, 15) is 0 Å². The second kappa shape index (κ2) is 7.05. The molecule has 0 nitrogen and oxygen atoms in total. The highest BCUT2D eigenvalue weighted by molar-refractivity contribution is 8.00. The smallest absolute Gasteiger partial charge is 0.0233 e. The molecule has 11 heavy (non-hydrogen) atoms. The van der Waals surface area contributed by atoms with Crippen molar-refractivity contribution in [3.8, 4) is 0 Å². The third-order valence-corrected chi connectivity index (χ3v) is 2.77. The van der Waals surface area contributed by atoms with Crippen molar-refractivity contribution in [2.75, 3.05) is 11.6 Å². The van der Waals surface area contributed by atoms with Gasteiger partial charge in [-0.05, 0) is 20.3 Å². The van der Waals surface area contributed by atoms with E-state index in [1.807, 2.05) is 11.8 Å². The van der Waals surface area contributed by atoms with Gasteiger partial charge in [-0.15, -0.1) is 11.6 Å². The number of alkyl halides is 1. The molecule has 0 aliphatic rings. The van der Waals surface area contributed by atoms with Crippen LogP contribution < -0.4 is 0 Å². The third-order valence-electron chi connectivity index (χ3n) is 1.39. The average Bonchev–Trinajstić information content (AvgIpc) is 1.87. The Bertz CT molecular complexity index is 117. The molecule has 0 saturated heterocycles. The number of allylic oxidation sites excluding steroid dienone is 1. The van der Waals surface area contributed by atoms with E-state index in [4.69, 9.17) is 11.6 Å². The first kappa shape index (κ1) is 11.4. The summed E-state index contributed by atoms with van der Waals surface area (Å²) in [6.07, 6.45) is 3.37. The van der Waals surface area contributed by atoms with Gasteiger partial charge in [0.25, 0.3) is 0 Å². The maximum atomic E-state index is 5.61. The van der Waals surface area contributed by atoms with Gasteiger partial charge in [-0.25, -0.2) is 0 Å². The van der Waals surface area contributed by atoms with Crippen LogP contribution in [0.4, 0.5) is 0 Å². The lowest BCUT2D eigenvalue weighted by Crippen LogP contribution is -1.97. The van der Waals surface area contributed by atoms with Gasteiger partial charge in [0.15, 0.2) is 0 Å². The molecule has 0 aliphatic heterocycles. The Balaban J connectivity index is 3.31.